The monoisotopic (exact) mass is 365 g/mol. The third kappa shape index (κ3) is 3.73. The summed E-state index contributed by atoms with van der Waals surface area (Å²) < 4.78 is 29.1. The molecular formula is C17H23N3O4S. The molecule has 0 aliphatic carbocycles. The third-order valence-electron chi connectivity index (χ3n) is 3.90. The summed E-state index contributed by atoms with van der Waals surface area (Å²) in [7, 11) is -3.93. The van der Waals surface area contributed by atoms with Gasteiger partial charge in [-0.25, -0.2) is 8.42 Å². The van der Waals surface area contributed by atoms with E-state index in [1.54, 1.807) is 19.1 Å². The average Bonchev–Trinajstić information content (AvgIpc) is 2.96. The minimum atomic E-state index is -3.93. The first-order valence-corrected chi connectivity index (χ1v) is 9.30. The standard InChI is InChI=1S/C17H23N3O4S/c1-11-7-8-12(10-18-11)25(22,23)17(5,6)15(21)19-14-9-13(24-20-14)16(2,3)4/h7-10H,1-6H3,(H,19,20,21). The first kappa shape index (κ1) is 19.1. The first-order chi connectivity index (χ1) is 11.4. The van der Waals surface area contributed by atoms with Gasteiger partial charge in [-0.15, -0.1) is 0 Å². The highest BCUT2D eigenvalue weighted by Gasteiger charge is 2.43. The predicted octanol–water partition coefficient (Wildman–Crippen LogP) is 2.87. The van der Waals surface area contributed by atoms with Crippen LogP contribution in [0.2, 0.25) is 0 Å². The maximum Gasteiger partial charge on any atom is 0.246 e. The Balaban J connectivity index is 2.27. The summed E-state index contributed by atoms with van der Waals surface area (Å²) >= 11 is 0. The highest BCUT2D eigenvalue weighted by molar-refractivity contribution is 7.93. The second-order valence-corrected chi connectivity index (χ2v) is 9.93. The number of hydrogen-bond acceptors (Lipinski definition) is 6. The van der Waals surface area contributed by atoms with Crippen molar-refractivity contribution in [3.63, 3.8) is 0 Å². The molecule has 0 fully saturated rings. The number of carbonyl (C=O) groups excluding carboxylic acids is 1. The molecule has 0 aromatic carbocycles. The fourth-order valence-corrected chi connectivity index (χ4v) is 3.31. The van der Waals surface area contributed by atoms with Crippen LogP contribution in [-0.2, 0) is 20.0 Å². The van der Waals surface area contributed by atoms with Crippen molar-refractivity contribution in [2.24, 2.45) is 0 Å². The Bertz CT molecular complexity index is 875. The molecule has 2 heterocycles. The number of sulfone groups is 1. The maximum absolute atomic E-state index is 12.8. The fraction of sp³-hybridized carbons (Fsp3) is 0.471. The molecule has 2 aromatic rings. The molecule has 0 radical (unpaired) electrons. The van der Waals surface area contributed by atoms with Crippen LogP contribution >= 0.6 is 0 Å². The van der Waals surface area contributed by atoms with Crippen LogP contribution in [0.4, 0.5) is 5.82 Å². The van der Waals surface area contributed by atoms with Crippen LogP contribution in [0.5, 0.6) is 0 Å². The lowest BCUT2D eigenvalue weighted by Crippen LogP contribution is -2.44. The summed E-state index contributed by atoms with van der Waals surface area (Å²) in [5.74, 6) is 0.0771. The van der Waals surface area contributed by atoms with Gasteiger partial charge in [0, 0.05) is 23.4 Å². The van der Waals surface area contributed by atoms with Gasteiger partial charge in [-0.05, 0) is 32.9 Å². The van der Waals surface area contributed by atoms with E-state index >= 15 is 0 Å². The van der Waals surface area contributed by atoms with Crippen LogP contribution in [0.3, 0.4) is 0 Å². The molecule has 0 saturated heterocycles. The minimum Gasteiger partial charge on any atom is -0.359 e. The van der Waals surface area contributed by atoms with E-state index in [2.05, 4.69) is 15.5 Å². The zero-order valence-electron chi connectivity index (χ0n) is 15.2. The highest BCUT2D eigenvalue weighted by atomic mass is 32.2. The quantitative estimate of drug-likeness (QED) is 0.894. The smallest absolute Gasteiger partial charge is 0.246 e. The van der Waals surface area contributed by atoms with Gasteiger partial charge >= 0.3 is 0 Å². The molecule has 2 rings (SSSR count). The number of anilines is 1. The van der Waals surface area contributed by atoms with Crippen molar-refractivity contribution in [1.29, 1.82) is 0 Å². The van der Waals surface area contributed by atoms with Gasteiger partial charge in [-0.1, -0.05) is 25.9 Å². The van der Waals surface area contributed by atoms with Crippen molar-refractivity contribution in [2.75, 3.05) is 5.32 Å². The molecule has 1 amide bonds. The Labute approximate surface area is 147 Å². The minimum absolute atomic E-state index is 0.00576. The van der Waals surface area contributed by atoms with E-state index in [0.29, 0.717) is 11.5 Å². The molecule has 0 aliphatic heterocycles. The molecule has 136 valence electrons. The van der Waals surface area contributed by atoms with Crippen LogP contribution < -0.4 is 5.32 Å². The number of carbonyl (C=O) groups is 1. The summed E-state index contributed by atoms with van der Waals surface area (Å²) in [4.78, 5) is 16.6. The molecular weight excluding hydrogens is 342 g/mol. The topological polar surface area (TPSA) is 102 Å². The Morgan fingerprint density at radius 3 is 2.28 bits per heavy atom. The van der Waals surface area contributed by atoms with E-state index < -0.39 is 20.5 Å². The van der Waals surface area contributed by atoms with Crippen LogP contribution in [0.25, 0.3) is 0 Å². The Hall–Kier alpha value is -2.22. The lowest BCUT2D eigenvalue weighted by Gasteiger charge is -2.23. The van der Waals surface area contributed by atoms with Gasteiger partial charge in [0.05, 0.1) is 4.90 Å². The number of hydrogen-bond donors (Lipinski definition) is 1. The molecule has 0 atom stereocenters. The summed E-state index contributed by atoms with van der Waals surface area (Å²) in [6.07, 6.45) is 1.26. The Morgan fingerprint density at radius 2 is 1.80 bits per heavy atom. The number of rotatable bonds is 4. The number of pyridine rings is 1. The van der Waals surface area contributed by atoms with E-state index in [4.69, 9.17) is 4.52 Å². The highest BCUT2D eigenvalue weighted by Crippen LogP contribution is 2.28. The molecule has 0 bridgehead atoms. The second-order valence-electron chi connectivity index (χ2n) is 7.43. The molecule has 0 unspecified atom stereocenters. The Kier molecular flexibility index (Phi) is 4.78. The van der Waals surface area contributed by atoms with E-state index in [0.717, 1.165) is 0 Å². The average molecular weight is 365 g/mol. The summed E-state index contributed by atoms with van der Waals surface area (Å²) in [6, 6.07) is 4.63. The van der Waals surface area contributed by atoms with Gasteiger partial charge in [-0.2, -0.15) is 0 Å². The first-order valence-electron chi connectivity index (χ1n) is 7.81. The van der Waals surface area contributed by atoms with Crippen molar-refractivity contribution in [2.45, 2.75) is 56.6 Å². The number of nitrogens with one attached hydrogen (secondary N) is 1. The number of aromatic nitrogens is 2. The second kappa shape index (κ2) is 6.25. The van der Waals surface area contributed by atoms with Crippen LogP contribution in [0.1, 0.15) is 46.1 Å². The van der Waals surface area contributed by atoms with Crippen molar-refractivity contribution < 1.29 is 17.7 Å². The molecule has 0 aliphatic rings. The SMILES string of the molecule is Cc1ccc(S(=O)(=O)C(C)(C)C(=O)Nc2cc(C(C)(C)C)on2)cn1. The zero-order valence-corrected chi connectivity index (χ0v) is 16.1. The number of aryl methyl sites for hydroxylation is 1. The number of nitrogens with zero attached hydrogens (tertiary/aromatic N) is 2. The summed E-state index contributed by atoms with van der Waals surface area (Å²) in [5.41, 5.74) is 0.420. The molecule has 0 saturated carbocycles. The largest absolute Gasteiger partial charge is 0.359 e. The van der Waals surface area contributed by atoms with Gasteiger partial charge in [0.1, 0.15) is 10.5 Å². The molecule has 0 spiro atoms. The van der Waals surface area contributed by atoms with E-state index in [9.17, 15) is 13.2 Å². The number of amides is 1. The molecule has 2 aromatic heterocycles. The van der Waals surface area contributed by atoms with Crippen LogP contribution in [0.15, 0.2) is 33.8 Å². The predicted molar refractivity (Wildman–Crippen MR) is 94.1 cm³/mol. The van der Waals surface area contributed by atoms with Gasteiger partial charge in [-0.3, -0.25) is 9.78 Å². The van der Waals surface area contributed by atoms with Gasteiger partial charge in [0.2, 0.25) is 5.91 Å². The zero-order chi connectivity index (χ0) is 19.0. The van der Waals surface area contributed by atoms with E-state index in [1.165, 1.54) is 26.1 Å². The van der Waals surface area contributed by atoms with Crippen molar-refractivity contribution >= 4 is 21.6 Å². The molecule has 7 nitrogen and oxygen atoms in total. The van der Waals surface area contributed by atoms with E-state index in [-0.39, 0.29) is 16.1 Å². The van der Waals surface area contributed by atoms with Crippen LogP contribution in [0, 0.1) is 6.92 Å². The van der Waals surface area contributed by atoms with Crippen molar-refractivity contribution in [3.05, 3.63) is 35.9 Å². The van der Waals surface area contributed by atoms with Crippen molar-refractivity contribution in [3.8, 4) is 0 Å². The van der Waals surface area contributed by atoms with E-state index in [1.807, 2.05) is 20.8 Å². The van der Waals surface area contributed by atoms with Crippen molar-refractivity contribution in [1.82, 2.24) is 10.1 Å². The lowest BCUT2D eigenvalue weighted by molar-refractivity contribution is -0.117. The molecule has 8 heteroatoms. The molecule has 1 N–H and O–H groups in total. The summed E-state index contributed by atoms with van der Waals surface area (Å²) in [5, 5.41) is 6.31. The Morgan fingerprint density at radius 1 is 1.16 bits per heavy atom. The maximum atomic E-state index is 12.8. The lowest BCUT2D eigenvalue weighted by atomic mass is 9.93. The fourth-order valence-electron chi connectivity index (χ4n) is 1.98. The van der Waals surface area contributed by atoms with Crippen LogP contribution in [-0.4, -0.2) is 29.2 Å². The molecule has 25 heavy (non-hydrogen) atoms. The van der Waals surface area contributed by atoms with Gasteiger partial charge in [0.15, 0.2) is 15.7 Å². The third-order valence-corrected chi connectivity index (χ3v) is 6.30. The normalized spacial score (nSPS) is 12.9. The van der Waals surface area contributed by atoms with Gasteiger partial charge in [0.25, 0.3) is 0 Å². The van der Waals surface area contributed by atoms with Gasteiger partial charge < -0.3 is 9.84 Å². The summed E-state index contributed by atoms with van der Waals surface area (Å²) in [6.45, 7) is 10.3.